The van der Waals surface area contributed by atoms with Gasteiger partial charge in [0.05, 0.1) is 0 Å². The zero-order valence-corrected chi connectivity index (χ0v) is 11.0. The summed E-state index contributed by atoms with van der Waals surface area (Å²) in [6.07, 6.45) is 0.683. The molecule has 1 heterocycles. The van der Waals surface area contributed by atoms with Gasteiger partial charge in [-0.1, -0.05) is 18.2 Å². The number of sulfonamides is 1. The largest absolute Gasteiger partial charge is 0.330 e. The maximum absolute atomic E-state index is 11.7. The third-order valence-electron chi connectivity index (χ3n) is 1.75. The van der Waals surface area contributed by atoms with Crippen molar-refractivity contribution in [2.75, 3.05) is 13.1 Å². The Labute approximate surface area is 104 Å². The summed E-state index contributed by atoms with van der Waals surface area (Å²) in [6.45, 7) is 3.95. The van der Waals surface area contributed by atoms with Crippen LogP contribution in [0, 0.1) is 0 Å². The molecule has 0 spiro atoms. The molecule has 1 aromatic heterocycles. The predicted molar refractivity (Wildman–Crippen MR) is 67.3 cm³/mol. The van der Waals surface area contributed by atoms with Crippen LogP contribution in [0.1, 0.15) is 4.88 Å². The monoisotopic (exact) mass is 280 g/mol. The lowest BCUT2D eigenvalue weighted by atomic mass is 10.3. The molecule has 0 amide bonds. The molecule has 4 nitrogen and oxygen atoms in total. The number of halogens is 1. The Morgan fingerprint density at radius 1 is 1.56 bits per heavy atom. The zero-order chi connectivity index (χ0) is 12.2. The molecule has 0 aliphatic rings. The minimum absolute atomic E-state index is 0.0357. The molecule has 0 aliphatic carbocycles. The van der Waals surface area contributed by atoms with Gasteiger partial charge in [0.15, 0.2) is 0 Å². The van der Waals surface area contributed by atoms with E-state index in [-0.39, 0.29) is 15.8 Å². The molecule has 1 rings (SSSR count). The molecule has 0 aliphatic heterocycles. The van der Waals surface area contributed by atoms with Gasteiger partial charge in [-0.25, -0.2) is 13.1 Å². The van der Waals surface area contributed by atoms with Crippen molar-refractivity contribution in [1.82, 2.24) is 4.72 Å². The lowest BCUT2D eigenvalue weighted by Crippen LogP contribution is -2.23. The molecule has 0 atom stereocenters. The second-order valence-electron chi connectivity index (χ2n) is 3.10. The lowest BCUT2D eigenvalue weighted by Gasteiger charge is -2.02. The predicted octanol–water partition coefficient (Wildman–Crippen LogP) is 1.28. The molecule has 0 bridgehead atoms. The van der Waals surface area contributed by atoms with E-state index in [2.05, 4.69) is 11.3 Å². The van der Waals surface area contributed by atoms with Crippen LogP contribution < -0.4 is 10.5 Å². The molecular weight excluding hydrogens is 268 g/mol. The minimum atomic E-state index is -3.47. The van der Waals surface area contributed by atoms with Gasteiger partial charge in [0.1, 0.15) is 4.21 Å². The summed E-state index contributed by atoms with van der Waals surface area (Å²) in [5.41, 5.74) is 5.39. The highest BCUT2D eigenvalue weighted by Gasteiger charge is 2.16. The van der Waals surface area contributed by atoms with Crippen molar-refractivity contribution in [3.05, 3.63) is 28.6 Å². The van der Waals surface area contributed by atoms with Gasteiger partial charge < -0.3 is 5.73 Å². The lowest BCUT2D eigenvalue weighted by molar-refractivity contribution is 0.587. The first kappa shape index (κ1) is 13.7. The Balaban J connectivity index is 2.77. The van der Waals surface area contributed by atoms with E-state index in [1.54, 1.807) is 12.1 Å². The first-order chi connectivity index (χ1) is 7.45. The van der Waals surface area contributed by atoms with Crippen LogP contribution in [0.25, 0.3) is 0 Å². The van der Waals surface area contributed by atoms with Crippen molar-refractivity contribution in [2.24, 2.45) is 5.73 Å². The van der Waals surface area contributed by atoms with Gasteiger partial charge in [0, 0.05) is 16.5 Å². The van der Waals surface area contributed by atoms with Gasteiger partial charge in [0.25, 0.3) is 0 Å². The Morgan fingerprint density at radius 3 is 2.81 bits per heavy atom. The number of hydrogen-bond donors (Lipinski definition) is 2. The molecule has 0 fully saturated rings. The number of nitrogens with two attached hydrogens (primary N) is 1. The van der Waals surface area contributed by atoms with E-state index in [4.69, 9.17) is 17.3 Å². The van der Waals surface area contributed by atoms with Crippen molar-refractivity contribution in [1.29, 1.82) is 0 Å². The molecule has 7 heteroatoms. The highest BCUT2D eigenvalue weighted by Crippen LogP contribution is 2.21. The van der Waals surface area contributed by atoms with E-state index in [1.807, 2.05) is 0 Å². The van der Waals surface area contributed by atoms with Crippen LogP contribution in [0.2, 0.25) is 0 Å². The fraction of sp³-hybridized carbons (Fsp3) is 0.333. The summed E-state index contributed by atoms with van der Waals surface area (Å²) < 4.78 is 26.1. The molecule has 0 radical (unpaired) electrons. The van der Waals surface area contributed by atoms with E-state index in [1.165, 1.54) is 11.3 Å². The number of nitrogens with one attached hydrogen (secondary N) is 1. The number of hydrogen-bond acceptors (Lipinski definition) is 4. The topological polar surface area (TPSA) is 72.2 Å². The van der Waals surface area contributed by atoms with Crippen LogP contribution in [0.4, 0.5) is 0 Å². The van der Waals surface area contributed by atoms with Crippen LogP contribution in [0.15, 0.2) is 28.0 Å². The van der Waals surface area contributed by atoms with Crippen molar-refractivity contribution in [3.8, 4) is 0 Å². The first-order valence-corrected chi connectivity index (χ1v) is 7.25. The summed E-state index contributed by atoms with van der Waals surface area (Å²) in [5.74, 6) is 0. The van der Waals surface area contributed by atoms with Crippen LogP contribution in [0.3, 0.4) is 0 Å². The van der Waals surface area contributed by atoms with E-state index < -0.39 is 10.0 Å². The highest BCUT2D eigenvalue weighted by atomic mass is 35.5. The number of thiophene rings is 1. The molecule has 3 N–H and O–H groups in total. The SMILES string of the molecule is C=C(Cl)CNS(=O)(=O)c1ccc(CCN)s1. The molecule has 0 saturated carbocycles. The minimum Gasteiger partial charge on any atom is -0.330 e. The van der Waals surface area contributed by atoms with Gasteiger partial charge in [-0.05, 0) is 25.1 Å². The molecule has 0 saturated heterocycles. The average molecular weight is 281 g/mol. The molecule has 16 heavy (non-hydrogen) atoms. The van der Waals surface area contributed by atoms with Gasteiger partial charge in [-0.3, -0.25) is 0 Å². The number of rotatable bonds is 6. The molecule has 0 unspecified atom stereocenters. The fourth-order valence-electron chi connectivity index (χ4n) is 1.02. The second kappa shape index (κ2) is 5.79. The zero-order valence-electron chi connectivity index (χ0n) is 8.57. The van der Waals surface area contributed by atoms with Crippen molar-refractivity contribution >= 4 is 33.0 Å². The Hall–Kier alpha value is -0.400. The quantitative estimate of drug-likeness (QED) is 0.824. The maximum atomic E-state index is 11.7. The van der Waals surface area contributed by atoms with Crippen molar-refractivity contribution < 1.29 is 8.42 Å². The van der Waals surface area contributed by atoms with Gasteiger partial charge in [-0.2, -0.15) is 0 Å². The van der Waals surface area contributed by atoms with E-state index in [0.717, 1.165) is 4.88 Å². The maximum Gasteiger partial charge on any atom is 0.250 e. The third-order valence-corrected chi connectivity index (χ3v) is 4.92. The Bertz CT molecular complexity index is 468. The summed E-state index contributed by atoms with van der Waals surface area (Å²) in [6, 6.07) is 3.33. The van der Waals surface area contributed by atoms with E-state index in [0.29, 0.717) is 13.0 Å². The van der Waals surface area contributed by atoms with Crippen LogP contribution in [0.5, 0.6) is 0 Å². The molecule has 90 valence electrons. The molecule has 1 aromatic rings. The Morgan fingerprint density at radius 2 is 2.25 bits per heavy atom. The standard InChI is InChI=1S/C9H13ClN2O2S2/c1-7(10)6-12-16(13,14)9-3-2-8(15-9)4-5-11/h2-3,12H,1,4-6,11H2. The van der Waals surface area contributed by atoms with E-state index in [9.17, 15) is 8.42 Å². The summed E-state index contributed by atoms with van der Waals surface area (Å²) >= 11 is 6.70. The summed E-state index contributed by atoms with van der Waals surface area (Å²) in [5, 5.41) is 0.252. The van der Waals surface area contributed by atoms with Gasteiger partial charge >= 0.3 is 0 Å². The van der Waals surface area contributed by atoms with Gasteiger partial charge in [0.2, 0.25) is 10.0 Å². The smallest absolute Gasteiger partial charge is 0.250 e. The highest BCUT2D eigenvalue weighted by molar-refractivity contribution is 7.91. The third kappa shape index (κ3) is 3.88. The second-order valence-corrected chi connectivity index (χ2v) is 6.80. The Kier molecular flexibility index (Phi) is 4.94. The first-order valence-electron chi connectivity index (χ1n) is 4.57. The fourth-order valence-corrected chi connectivity index (χ4v) is 3.61. The van der Waals surface area contributed by atoms with Crippen molar-refractivity contribution in [3.63, 3.8) is 0 Å². The molecular formula is C9H13ClN2O2S2. The van der Waals surface area contributed by atoms with Crippen LogP contribution in [-0.2, 0) is 16.4 Å². The van der Waals surface area contributed by atoms with E-state index >= 15 is 0 Å². The summed E-state index contributed by atoms with van der Waals surface area (Å²) in [7, 11) is -3.47. The van der Waals surface area contributed by atoms with Gasteiger partial charge in [-0.15, -0.1) is 11.3 Å². The van der Waals surface area contributed by atoms with Crippen LogP contribution in [-0.4, -0.2) is 21.5 Å². The normalized spacial score (nSPS) is 11.6. The summed E-state index contributed by atoms with van der Waals surface area (Å²) in [4.78, 5) is 0.951. The molecule has 0 aromatic carbocycles. The van der Waals surface area contributed by atoms with Crippen LogP contribution >= 0.6 is 22.9 Å². The van der Waals surface area contributed by atoms with Crippen molar-refractivity contribution in [2.45, 2.75) is 10.6 Å². The average Bonchev–Trinajstić information content (AvgIpc) is 2.65.